The molecule has 1 saturated heterocycles. The topological polar surface area (TPSA) is 69.8 Å². The number of nitrogens with zero attached hydrogens (tertiary/aromatic N) is 4. The molecule has 128 valence electrons. The van der Waals surface area contributed by atoms with Crippen LogP contribution in [0, 0.1) is 5.92 Å². The highest BCUT2D eigenvalue weighted by atomic mass is 15.2. The second kappa shape index (κ2) is 9.47. The smallest absolute Gasteiger partial charge is 0.188 e. The zero-order chi connectivity index (χ0) is 16.5. The molecule has 0 amide bonds. The van der Waals surface area contributed by atoms with Gasteiger partial charge in [-0.1, -0.05) is 13.0 Å². The quantitative estimate of drug-likeness (QED) is 0.563. The normalized spacial score (nSPS) is 18.8. The predicted molar refractivity (Wildman–Crippen MR) is 95.5 cm³/mol. The molecule has 6 nitrogen and oxygen atoms in total. The number of guanidine groups is 1. The van der Waals surface area contributed by atoms with Gasteiger partial charge in [-0.2, -0.15) is 0 Å². The molecule has 1 aromatic rings. The Bertz CT molecular complexity index is 467. The zero-order valence-corrected chi connectivity index (χ0v) is 14.4. The number of nitrogens with two attached hydrogens (primary N) is 1. The molecule has 2 rings (SSSR count). The summed E-state index contributed by atoms with van der Waals surface area (Å²) >= 11 is 0. The zero-order valence-electron chi connectivity index (χ0n) is 14.4. The van der Waals surface area contributed by atoms with Crippen LogP contribution in [0.15, 0.2) is 29.4 Å². The summed E-state index contributed by atoms with van der Waals surface area (Å²) in [5.74, 6) is 1.06. The van der Waals surface area contributed by atoms with E-state index in [2.05, 4.69) is 39.1 Å². The van der Waals surface area contributed by atoms with Crippen LogP contribution < -0.4 is 11.1 Å². The Labute approximate surface area is 139 Å². The first-order valence-electron chi connectivity index (χ1n) is 8.48. The average Bonchev–Trinajstić information content (AvgIpc) is 2.56. The van der Waals surface area contributed by atoms with E-state index in [1.807, 2.05) is 24.4 Å². The third-order valence-electron chi connectivity index (χ3n) is 4.15. The summed E-state index contributed by atoms with van der Waals surface area (Å²) in [6.45, 7) is 9.50. The Morgan fingerprint density at radius 1 is 1.35 bits per heavy atom. The first-order chi connectivity index (χ1) is 11.1. The molecule has 1 fully saturated rings. The van der Waals surface area contributed by atoms with E-state index in [-0.39, 0.29) is 0 Å². The maximum atomic E-state index is 5.94. The number of hydrogen-bond acceptors (Lipinski definition) is 4. The van der Waals surface area contributed by atoms with Crippen molar-refractivity contribution in [2.24, 2.45) is 16.6 Å². The van der Waals surface area contributed by atoms with Crippen molar-refractivity contribution in [3.8, 4) is 0 Å². The van der Waals surface area contributed by atoms with Crippen LogP contribution in [0.3, 0.4) is 0 Å². The molecule has 0 aliphatic carbocycles. The summed E-state index contributed by atoms with van der Waals surface area (Å²) in [7, 11) is 2.18. The molecule has 1 unspecified atom stereocenters. The van der Waals surface area contributed by atoms with E-state index in [1.165, 1.54) is 0 Å². The van der Waals surface area contributed by atoms with Crippen LogP contribution in [0.5, 0.6) is 0 Å². The van der Waals surface area contributed by atoms with E-state index in [0.717, 1.165) is 57.9 Å². The molecular formula is C17H30N6. The van der Waals surface area contributed by atoms with Crippen molar-refractivity contribution in [2.45, 2.75) is 13.3 Å². The fraction of sp³-hybridized carbons (Fsp3) is 0.647. The Morgan fingerprint density at radius 2 is 2.13 bits per heavy atom. The second-order valence-electron chi connectivity index (χ2n) is 6.43. The maximum absolute atomic E-state index is 5.94. The molecule has 1 atom stereocenters. The molecule has 0 radical (unpaired) electrons. The van der Waals surface area contributed by atoms with E-state index < -0.39 is 0 Å². The van der Waals surface area contributed by atoms with Gasteiger partial charge in [0.25, 0.3) is 0 Å². The summed E-state index contributed by atoms with van der Waals surface area (Å²) in [6.07, 6.45) is 2.67. The SMILES string of the molecule is CC(CN=C(N)NCCc1ccccn1)CN1CCN(C)CC1. The van der Waals surface area contributed by atoms with Crippen LogP contribution in [0.1, 0.15) is 12.6 Å². The maximum Gasteiger partial charge on any atom is 0.188 e. The molecule has 23 heavy (non-hydrogen) atoms. The number of likely N-dealkylation sites (N-methyl/N-ethyl adjacent to an activating group) is 1. The lowest BCUT2D eigenvalue weighted by Crippen LogP contribution is -2.46. The largest absolute Gasteiger partial charge is 0.370 e. The molecule has 0 spiro atoms. The van der Waals surface area contributed by atoms with Gasteiger partial charge in [0.15, 0.2) is 5.96 Å². The third kappa shape index (κ3) is 6.97. The summed E-state index contributed by atoms with van der Waals surface area (Å²) in [6, 6.07) is 5.95. The minimum Gasteiger partial charge on any atom is -0.370 e. The first-order valence-corrected chi connectivity index (χ1v) is 8.48. The Balaban J connectivity index is 1.61. The van der Waals surface area contributed by atoms with Crippen molar-refractivity contribution in [1.29, 1.82) is 0 Å². The lowest BCUT2D eigenvalue weighted by molar-refractivity contribution is 0.140. The highest BCUT2D eigenvalue weighted by molar-refractivity contribution is 5.77. The minimum absolute atomic E-state index is 0.523. The lowest BCUT2D eigenvalue weighted by atomic mass is 10.1. The van der Waals surface area contributed by atoms with E-state index in [0.29, 0.717) is 11.9 Å². The lowest BCUT2D eigenvalue weighted by Gasteiger charge is -2.33. The molecular weight excluding hydrogens is 288 g/mol. The molecule has 1 aromatic heterocycles. The average molecular weight is 318 g/mol. The standard InChI is InChI=1S/C17H30N6/c1-15(14-23-11-9-22(2)10-12-23)13-21-17(18)20-8-6-16-5-3-4-7-19-16/h3-5,7,15H,6,8-14H2,1-2H3,(H3,18,20,21). The molecule has 0 bridgehead atoms. The van der Waals surface area contributed by atoms with Crippen LogP contribution >= 0.6 is 0 Å². The molecule has 3 N–H and O–H groups in total. The fourth-order valence-corrected chi connectivity index (χ4v) is 2.70. The van der Waals surface area contributed by atoms with Gasteiger partial charge in [-0.25, -0.2) is 0 Å². The van der Waals surface area contributed by atoms with Crippen LogP contribution in [0.4, 0.5) is 0 Å². The van der Waals surface area contributed by atoms with Crippen LogP contribution in [0.2, 0.25) is 0 Å². The first kappa shape index (κ1) is 17.7. The van der Waals surface area contributed by atoms with Gasteiger partial charge in [0.05, 0.1) is 0 Å². The minimum atomic E-state index is 0.523. The third-order valence-corrected chi connectivity index (χ3v) is 4.15. The molecule has 1 aliphatic rings. The number of pyridine rings is 1. The highest BCUT2D eigenvalue weighted by Gasteiger charge is 2.15. The van der Waals surface area contributed by atoms with E-state index in [4.69, 9.17) is 5.73 Å². The van der Waals surface area contributed by atoms with Crippen LogP contribution in [-0.4, -0.2) is 73.6 Å². The van der Waals surface area contributed by atoms with Crippen molar-refractivity contribution in [3.05, 3.63) is 30.1 Å². The van der Waals surface area contributed by atoms with Crippen molar-refractivity contribution < 1.29 is 0 Å². The van der Waals surface area contributed by atoms with E-state index >= 15 is 0 Å². The van der Waals surface area contributed by atoms with E-state index in [1.54, 1.807) is 0 Å². The monoisotopic (exact) mass is 318 g/mol. The highest BCUT2D eigenvalue weighted by Crippen LogP contribution is 2.04. The van der Waals surface area contributed by atoms with Gasteiger partial charge in [-0.15, -0.1) is 0 Å². The summed E-state index contributed by atoms with van der Waals surface area (Å²) in [5, 5.41) is 3.16. The Kier molecular flexibility index (Phi) is 7.29. The number of nitrogens with one attached hydrogen (secondary N) is 1. The van der Waals surface area contributed by atoms with Crippen molar-refractivity contribution in [2.75, 3.05) is 52.9 Å². The Morgan fingerprint density at radius 3 is 2.83 bits per heavy atom. The summed E-state index contributed by atoms with van der Waals surface area (Å²) in [4.78, 5) is 13.6. The van der Waals surface area contributed by atoms with Crippen molar-refractivity contribution in [1.82, 2.24) is 20.1 Å². The van der Waals surface area contributed by atoms with Gasteiger partial charge in [0.1, 0.15) is 0 Å². The molecule has 6 heteroatoms. The van der Waals surface area contributed by atoms with Crippen LogP contribution in [-0.2, 0) is 6.42 Å². The van der Waals surface area contributed by atoms with Gasteiger partial charge in [-0.3, -0.25) is 9.98 Å². The number of rotatable bonds is 7. The summed E-state index contributed by atoms with van der Waals surface area (Å²) < 4.78 is 0. The molecule has 1 aliphatic heterocycles. The van der Waals surface area contributed by atoms with Gasteiger partial charge < -0.3 is 20.9 Å². The van der Waals surface area contributed by atoms with Crippen LogP contribution in [0.25, 0.3) is 0 Å². The number of aromatic nitrogens is 1. The second-order valence-corrected chi connectivity index (χ2v) is 6.43. The number of hydrogen-bond donors (Lipinski definition) is 2. The number of aliphatic imine (C=N–C) groups is 1. The fourth-order valence-electron chi connectivity index (χ4n) is 2.70. The van der Waals surface area contributed by atoms with Gasteiger partial charge >= 0.3 is 0 Å². The molecule has 0 aromatic carbocycles. The van der Waals surface area contributed by atoms with Gasteiger partial charge in [0, 0.05) is 64.1 Å². The predicted octanol–water partition coefficient (Wildman–Crippen LogP) is 0.412. The van der Waals surface area contributed by atoms with Crippen molar-refractivity contribution >= 4 is 5.96 Å². The molecule has 0 saturated carbocycles. The van der Waals surface area contributed by atoms with Gasteiger partial charge in [-0.05, 0) is 25.1 Å². The van der Waals surface area contributed by atoms with E-state index in [9.17, 15) is 0 Å². The molecule has 2 heterocycles. The van der Waals surface area contributed by atoms with Gasteiger partial charge in [0.2, 0.25) is 0 Å². The number of piperazine rings is 1. The van der Waals surface area contributed by atoms with Crippen molar-refractivity contribution in [3.63, 3.8) is 0 Å². The summed E-state index contributed by atoms with van der Waals surface area (Å²) in [5.41, 5.74) is 7.00. The Hall–Kier alpha value is -1.66.